The molecule has 0 heterocycles. The molecular weight excluding hydrogens is 320 g/mol. The lowest BCUT2D eigenvalue weighted by molar-refractivity contribution is -0.131. The summed E-state index contributed by atoms with van der Waals surface area (Å²) in [6, 6.07) is 0. The Kier molecular flexibility index (Phi) is 7.44. The normalized spacial score (nSPS) is 22.5. The zero-order valence-corrected chi connectivity index (χ0v) is 17.8. The third-order valence-corrected chi connectivity index (χ3v) is 5.46. The van der Waals surface area contributed by atoms with Crippen molar-refractivity contribution in [1.82, 2.24) is 0 Å². The summed E-state index contributed by atoms with van der Waals surface area (Å²) in [7, 11) is 0. The topological polar surface area (TPSA) is 37.3 Å². The van der Waals surface area contributed by atoms with E-state index in [1.165, 1.54) is 30.1 Å². The van der Waals surface area contributed by atoms with Crippen molar-refractivity contribution in [3.8, 4) is 0 Å². The van der Waals surface area contributed by atoms with Gasteiger partial charge in [0, 0.05) is 6.08 Å². The van der Waals surface area contributed by atoms with Crippen LogP contribution in [0.15, 0.2) is 58.7 Å². The van der Waals surface area contributed by atoms with E-state index in [0.717, 1.165) is 11.1 Å². The molecule has 26 heavy (non-hydrogen) atoms. The maximum Gasteiger partial charge on any atom is 0.328 e. The number of carbonyl (C=O) groups is 1. The minimum atomic E-state index is -0.914. The Morgan fingerprint density at radius 2 is 1.77 bits per heavy atom. The fourth-order valence-electron chi connectivity index (χ4n) is 4.33. The summed E-state index contributed by atoms with van der Waals surface area (Å²) in [4.78, 5) is 10.6. The van der Waals surface area contributed by atoms with Gasteiger partial charge in [-0.05, 0) is 61.5 Å². The minimum Gasteiger partial charge on any atom is -0.478 e. The fraction of sp³-hybridized carbons (Fsp3) is 0.542. The molecule has 1 unspecified atom stereocenters. The van der Waals surface area contributed by atoms with E-state index in [4.69, 9.17) is 5.11 Å². The van der Waals surface area contributed by atoms with E-state index < -0.39 is 5.97 Å². The van der Waals surface area contributed by atoms with Gasteiger partial charge in [0.1, 0.15) is 0 Å². The zero-order chi connectivity index (χ0) is 20.1. The van der Waals surface area contributed by atoms with Gasteiger partial charge in [-0.1, -0.05) is 76.1 Å². The standard InChI is InChI=1S/C24H36O2/c1-17(10-9-11-18(2)16-22(25)26)12-14-20-19(3)13-15-21(23(4,5)6)24(20,7)8/h9-12,14,16,21H,13,15H2,1-8H3,(H,25,26)/b11-9+,14-12+,17-10+,18-16+. The average molecular weight is 357 g/mol. The van der Waals surface area contributed by atoms with Crippen LogP contribution in [0.5, 0.6) is 0 Å². The van der Waals surface area contributed by atoms with E-state index in [2.05, 4.69) is 60.6 Å². The van der Waals surface area contributed by atoms with E-state index in [0.29, 0.717) is 11.3 Å². The van der Waals surface area contributed by atoms with E-state index >= 15 is 0 Å². The first-order valence-electron chi connectivity index (χ1n) is 9.50. The molecule has 0 spiro atoms. The molecule has 0 bridgehead atoms. The summed E-state index contributed by atoms with van der Waals surface area (Å²) < 4.78 is 0. The highest BCUT2D eigenvalue weighted by Gasteiger charge is 2.42. The quantitative estimate of drug-likeness (QED) is 0.431. The Balaban J connectivity index is 2.99. The van der Waals surface area contributed by atoms with Crippen LogP contribution in [0.4, 0.5) is 0 Å². The first kappa shape index (κ1) is 22.2. The molecule has 0 radical (unpaired) electrons. The van der Waals surface area contributed by atoms with Crippen LogP contribution in [0.25, 0.3) is 0 Å². The van der Waals surface area contributed by atoms with Gasteiger partial charge in [-0.2, -0.15) is 0 Å². The fourth-order valence-corrected chi connectivity index (χ4v) is 4.33. The third-order valence-electron chi connectivity index (χ3n) is 5.46. The second-order valence-corrected chi connectivity index (χ2v) is 9.20. The molecule has 1 aliphatic carbocycles. The number of carboxylic acids is 1. The SMILES string of the molecule is CC1=C(/C=C/C(C)=C/C=C/C(C)=C/C(=O)O)C(C)(C)C(C(C)(C)C)CC1. The summed E-state index contributed by atoms with van der Waals surface area (Å²) in [6.07, 6.45) is 13.8. The molecule has 2 nitrogen and oxygen atoms in total. The van der Waals surface area contributed by atoms with Gasteiger partial charge < -0.3 is 5.11 Å². The van der Waals surface area contributed by atoms with Crippen LogP contribution < -0.4 is 0 Å². The lowest BCUT2D eigenvalue weighted by Gasteiger charge is -2.47. The molecule has 0 aromatic rings. The summed E-state index contributed by atoms with van der Waals surface area (Å²) in [5.74, 6) is -0.255. The van der Waals surface area contributed by atoms with Gasteiger partial charge in [0.05, 0.1) is 0 Å². The van der Waals surface area contributed by atoms with Crippen LogP contribution in [-0.4, -0.2) is 11.1 Å². The maximum absolute atomic E-state index is 10.6. The second kappa shape index (κ2) is 8.70. The van der Waals surface area contributed by atoms with Crippen LogP contribution >= 0.6 is 0 Å². The zero-order valence-electron chi connectivity index (χ0n) is 17.8. The number of rotatable bonds is 5. The van der Waals surface area contributed by atoms with E-state index in [9.17, 15) is 4.79 Å². The van der Waals surface area contributed by atoms with Crippen LogP contribution in [0.1, 0.15) is 68.2 Å². The van der Waals surface area contributed by atoms with E-state index in [-0.39, 0.29) is 5.41 Å². The predicted molar refractivity (Wildman–Crippen MR) is 112 cm³/mol. The van der Waals surface area contributed by atoms with Gasteiger partial charge in [0.25, 0.3) is 0 Å². The van der Waals surface area contributed by atoms with Crippen molar-refractivity contribution in [2.45, 2.75) is 68.2 Å². The molecular formula is C24H36O2. The molecule has 2 heteroatoms. The van der Waals surface area contributed by atoms with Crippen LogP contribution in [-0.2, 0) is 4.79 Å². The Morgan fingerprint density at radius 3 is 2.31 bits per heavy atom. The molecule has 0 saturated heterocycles. The number of allylic oxidation sites excluding steroid dienone is 9. The summed E-state index contributed by atoms with van der Waals surface area (Å²) >= 11 is 0. The van der Waals surface area contributed by atoms with Crippen LogP contribution in [0.3, 0.4) is 0 Å². The minimum absolute atomic E-state index is 0.161. The van der Waals surface area contributed by atoms with Gasteiger partial charge >= 0.3 is 5.97 Å². The molecule has 1 aliphatic rings. The molecule has 1 rings (SSSR count). The van der Waals surface area contributed by atoms with Crippen LogP contribution in [0.2, 0.25) is 0 Å². The molecule has 0 saturated carbocycles. The largest absolute Gasteiger partial charge is 0.478 e. The molecule has 0 amide bonds. The van der Waals surface area contributed by atoms with Crippen LogP contribution in [0, 0.1) is 16.7 Å². The number of carboxylic acid groups (broad SMARTS) is 1. The average Bonchev–Trinajstić information content (AvgIpc) is 2.43. The van der Waals surface area contributed by atoms with Crippen molar-refractivity contribution in [2.24, 2.45) is 16.7 Å². The Labute approximate surface area is 160 Å². The predicted octanol–water partition coefficient (Wildman–Crippen LogP) is 6.87. The summed E-state index contributed by atoms with van der Waals surface area (Å²) in [6.45, 7) is 17.9. The number of hydrogen-bond donors (Lipinski definition) is 1. The molecule has 0 fully saturated rings. The third kappa shape index (κ3) is 6.16. The van der Waals surface area contributed by atoms with E-state index in [1.54, 1.807) is 6.92 Å². The highest BCUT2D eigenvalue weighted by molar-refractivity contribution is 5.81. The lowest BCUT2D eigenvalue weighted by atomic mass is 9.57. The first-order chi connectivity index (χ1) is 11.9. The van der Waals surface area contributed by atoms with Gasteiger partial charge in [0.2, 0.25) is 0 Å². The molecule has 0 aromatic heterocycles. The van der Waals surface area contributed by atoms with Gasteiger partial charge in [0.15, 0.2) is 0 Å². The van der Waals surface area contributed by atoms with Crippen molar-refractivity contribution in [1.29, 1.82) is 0 Å². The summed E-state index contributed by atoms with van der Waals surface area (Å²) in [5.41, 5.74) is 5.29. The Hall–Kier alpha value is -1.83. The smallest absolute Gasteiger partial charge is 0.328 e. The first-order valence-corrected chi connectivity index (χ1v) is 9.50. The number of hydrogen-bond acceptors (Lipinski definition) is 1. The summed E-state index contributed by atoms with van der Waals surface area (Å²) in [5, 5.41) is 8.73. The monoisotopic (exact) mass is 356 g/mol. The molecule has 1 N–H and O–H groups in total. The van der Waals surface area contributed by atoms with Crippen molar-refractivity contribution in [2.75, 3.05) is 0 Å². The van der Waals surface area contributed by atoms with Gasteiger partial charge in [-0.3, -0.25) is 0 Å². The second-order valence-electron chi connectivity index (χ2n) is 9.20. The molecule has 0 aliphatic heterocycles. The highest BCUT2D eigenvalue weighted by atomic mass is 16.4. The van der Waals surface area contributed by atoms with Crippen molar-refractivity contribution < 1.29 is 9.90 Å². The molecule has 0 aromatic carbocycles. The number of aliphatic carboxylic acids is 1. The highest BCUT2D eigenvalue weighted by Crippen LogP contribution is 2.52. The van der Waals surface area contributed by atoms with Crippen molar-refractivity contribution >= 4 is 5.97 Å². The van der Waals surface area contributed by atoms with Gasteiger partial charge in [-0.15, -0.1) is 0 Å². The molecule has 144 valence electrons. The lowest BCUT2D eigenvalue weighted by Crippen LogP contribution is -2.38. The maximum atomic E-state index is 10.6. The Bertz CT molecular complexity index is 673. The Morgan fingerprint density at radius 1 is 1.15 bits per heavy atom. The van der Waals surface area contributed by atoms with Gasteiger partial charge in [-0.25, -0.2) is 4.79 Å². The van der Waals surface area contributed by atoms with E-state index in [1.807, 2.05) is 18.2 Å². The van der Waals surface area contributed by atoms with Crippen molar-refractivity contribution in [3.05, 3.63) is 58.7 Å². The molecule has 1 atom stereocenters. The van der Waals surface area contributed by atoms with Crippen molar-refractivity contribution in [3.63, 3.8) is 0 Å².